The molecule has 16 heavy (non-hydrogen) atoms. The molecule has 0 aliphatic heterocycles. The first-order valence-corrected chi connectivity index (χ1v) is 5.57. The predicted molar refractivity (Wildman–Crippen MR) is 65.6 cm³/mol. The van der Waals surface area contributed by atoms with Crippen LogP contribution in [0.2, 0.25) is 0 Å². The van der Waals surface area contributed by atoms with Crippen molar-refractivity contribution in [3.05, 3.63) is 0 Å². The molecule has 0 aliphatic rings. The van der Waals surface area contributed by atoms with Crippen molar-refractivity contribution in [2.45, 2.75) is 46.7 Å². The molecule has 0 saturated carbocycles. The first-order valence-electron chi connectivity index (χ1n) is 5.57. The molecule has 0 bridgehead atoms. The fourth-order valence-corrected chi connectivity index (χ4v) is 1.25. The van der Waals surface area contributed by atoms with Gasteiger partial charge in [0.05, 0.1) is 6.04 Å². The van der Waals surface area contributed by atoms with Crippen LogP contribution in [0.15, 0.2) is 4.99 Å². The summed E-state index contributed by atoms with van der Waals surface area (Å²) in [4.78, 5) is 26.7. The molecule has 0 aliphatic carbocycles. The maximum Gasteiger partial charge on any atom is 0.245 e. The molecule has 4 heteroatoms. The van der Waals surface area contributed by atoms with Gasteiger partial charge in [-0.15, -0.1) is 0 Å². The van der Waals surface area contributed by atoms with Gasteiger partial charge in [0, 0.05) is 0 Å². The molecule has 0 spiro atoms. The highest BCUT2D eigenvalue weighted by atomic mass is 16.2. The summed E-state index contributed by atoms with van der Waals surface area (Å²) in [7, 11) is 0. The van der Waals surface area contributed by atoms with Gasteiger partial charge in [-0.1, -0.05) is 20.8 Å². The fourth-order valence-electron chi connectivity index (χ4n) is 1.25. The largest absolute Gasteiger partial charge is 0.345 e. The predicted octanol–water partition coefficient (Wildman–Crippen LogP) is 1.44. The number of aliphatic imine (C=N–C) groups is 1. The van der Waals surface area contributed by atoms with E-state index in [0.29, 0.717) is 5.92 Å². The minimum Gasteiger partial charge on any atom is -0.345 e. The minimum atomic E-state index is -0.484. The van der Waals surface area contributed by atoms with E-state index >= 15 is 0 Å². The van der Waals surface area contributed by atoms with Crippen LogP contribution in [-0.4, -0.2) is 30.5 Å². The zero-order valence-electron chi connectivity index (χ0n) is 10.8. The maximum atomic E-state index is 11.8. The molecule has 3 atom stereocenters. The zero-order valence-corrected chi connectivity index (χ0v) is 10.8. The van der Waals surface area contributed by atoms with Crippen LogP contribution >= 0.6 is 0 Å². The normalized spacial score (nSPS) is 16.4. The van der Waals surface area contributed by atoms with Crippen LogP contribution in [0.1, 0.15) is 34.6 Å². The molecule has 1 N–H and O–H groups in total. The van der Waals surface area contributed by atoms with Crippen molar-refractivity contribution in [3.8, 4) is 0 Å². The summed E-state index contributed by atoms with van der Waals surface area (Å²) in [6.45, 7) is 12.6. The van der Waals surface area contributed by atoms with E-state index in [0.717, 1.165) is 0 Å². The molecule has 0 fully saturated rings. The molecule has 0 saturated heterocycles. The average Bonchev–Trinajstić information content (AvgIpc) is 2.18. The van der Waals surface area contributed by atoms with Crippen LogP contribution < -0.4 is 5.32 Å². The number of Topliss-reactive ketones (excluding diaryl/α,β-unsaturated/α-hetero) is 1. The van der Waals surface area contributed by atoms with Gasteiger partial charge in [0.25, 0.3) is 0 Å². The van der Waals surface area contributed by atoms with Gasteiger partial charge in [-0.2, -0.15) is 0 Å². The van der Waals surface area contributed by atoms with Crippen molar-refractivity contribution in [2.75, 3.05) is 0 Å². The Kier molecular flexibility index (Phi) is 5.93. The highest BCUT2D eigenvalue weighted by Gasteiger charge is 2.27. The molecule has 0 radical (unpaired) electrons. The Morgan fingerprint density at radius 2 is 1.69 bits per heavy atom. The fraction of sp³-hybridized carbons (Fsp3) is 0.750. The van der Waals surface area contributed by atoms with E-state index in [-0.39, 0.29) is 17.6 Å². The smallest absolute Gasteiger partial charge is 0.245 e. The van der Waals surface area contributed by atoms with E-state index in [1.165, 1.54) is 6.92 Å². The lowest BCUT2D eigenvalue weighted by molar-refractivity contribution is -0.128. The molecule has 0 heterocycles. The molecular formula is C12H22N2O2. The Hall–Kier alpha value is -1.19. The standard InChI is InChI=1S/C12H22N2O2/c1-7(2)8(3)11(13-6)12(16)14-9(4)10(5)15/h7-9,11H,6H2,1-5H3,(H,14,16)/t8?,9?,11-/m0/s1. The first-order chi connectivity index (χ1) is 7.31. The molecule has 1 amide bonds. The third-order valence-corrected chi connectivity index (χ3v) is 2.98. The number of nitrogens with zero attached hydrogens (tertiary/aromatic N) is 1. The Morgan fingerprint density at radius 1 is 1.19 bits per heavy atom. The number of amides is 1. The second kappa shape index (κ2) is 6.40. The van der Waals surface area contributed by atoms with Crippen LogP contribution in [0, 0.1) is 11.8 Å². The van der Waals surface area contributed by atoms with Crippen LogP contribution in [-0.2, 0) is 9.59 Å². The number of hydrogen-bond acceptors (Lipinski definition) is 3. The van der Waals surface area contributed by atoms with Crippen LogP contribution in [0.25, 0.3) is 0 Å². The summed E-state index contributed by atoms with van der Waals surface area (Å²) in [5, 5.41) is 2.64. The maximum absolute atomic E-state index is 11.8. The Bertz CT molecular complexity index is 274. The number of nitrogens with one attached hydrogen (secondary N) is 1. The molecular weight excluding hydrogens is 204 g/mol. The van der Waals surface area contributed by atoms with E-state index in [2.05, 4.69) is 17.0 Å². The number of ketones is 1. The second-order valence-electron chi connectivity index (χ2n) is 4.57. The Balaban J connectivity index is 4.55. The lowest BCUT2D eigenvalue weighted by Crippen LogP contribution is -2.45. The SMILES string of the molecule is C=N[C@H](C(=O)NC(C)C(C)=O)C(C)C(C)C. The van der Waals surface area contributed by atoms with Crippen LogP contribution in [0.4, 0.5) is 0 Å². The van der Waals surface area contributed by atoms with Gasteiger partial charge in [0.1, 0.15) is 6.04 Å². The second-order valence-corrected chi connectivity index (χ2v) is 4.57. The summed E-state index contributed by atoms with van der Waals surface area (Å²) in [6, 6.07) is -0.946. The van der Waals surface area contributed by atoms with E-state index in [9.17, 15) is 9.59 Å². The monoisotopic (exact) mass is 226 g/mol. The van der Waals surface area contributed by atoms with Gasteiger partial charge in [-0.05, 0) is 32.4 Å². The summed E-state index contributed by atoms with van der Waals surface area (Å²) in [5.74, 6) is 0.165. The van der Waals surface area contributed by atoms with Gasteiger partial charge in [-0.3, -0.25) is 14.6 Å². The molecule has 0 rings (SSSR count). The lowest BCUT2D eigenvalue weighted by atomic mass is 9.90. The van der Waals surface area contributed by atoms with Crippen molar-refractivity contribution in [1.29, 1.82) is 0 Å². The summed E-state index contributed by atoms with van der Waals surface area (Å²) < 4.78 is 0. The third-order valence-electron chi connectivity index (χ3n) is 2.98. The van der Waals surface area contributed by atoms with E-state index in [4.69, 9.17) is 0 Å². The highest BCUT2D eigenvalue weighted by Crippen LogP contribution is 2.17. The summed E-state index contributed by atoms with van der Waals surface area (Å²) in [5.41, 5.74) is 0. The highest BCUT2D eigenvalue weighted by molar-refractivity contribution is 5.89. The van der Waals surface area contributed by atoms with Gasteiger partial charge in [0.2, 0.25) is 5.91 Å². The van der Waals surface area contributed by atoms with Crippen molar-refractivity contribution >= 4 is 18.4 Å². The summed E-state index contributed by atoms with van der Waals surface area (Å²) in [6.07, 6.45) is 0. The zero-order chi connectivity index (χ0) is 12.9. The first kappa shape index (κ1) is 14.8. The van der Waals surface area contributed by atoms with Gasteiger partial charge in [0.15, 0.2) is 5.78 Å². The van der Waals surface area contributed by atoms with Crippen molar-refractivity contribution < 1.29 is 9.59 Å². The molecule has 92 valence electrons. The van der Waals surface area contributed by atoms with E-state index in [1.807, 2.05) is 20.8 Å². The number of rotatable bonds is 6. The van der Waals surface area contributed by atoms with Crippen molar-refractivity contribution in [2.24, 2.45) is 16.8 Å². The van der Waals surface area contributed by atoms with E-state index in [1.54, 1.807) is 6.92 Å². The number of carbonyl (C=O) groups is 2. The van der Waals surface area contributed by atoms with Crippen LogP contribution in [0.3, 0.4) is 0 Å². The quantitative estimate of drug-likeness (QED) is 0.697. The summed E-state index contributed by atoms with van der Waals surface area (Å²) >= 11 is 0. The molecule has 0 aromatic heterocycles. The number of hydrogen-bond donors (Lipinski definition) is 1. The van der Waals surface area contributed by atoms with E-state index < -0.39 is 12.1 Å². The van der Waals surface area contributed by atoms with Crippen molar-refractivity contribution in [3.63, 3.8) is 0 Å². The lowest BCUT2D eigenvalue weighted by Gasteiger charge is -2.23. The third kappa shape index (κ3) is 4.13. The Labute approximate surface area is 97.5 Å². The molecule has 0 aromatic carbocycles. The topological polar surface area (TPSA) is 58.5 Å². The number of carbonyl (C=O) groups excluding carboxylic acids is 2. The molecule has 2 unspecified atom stereocenters. The van der Waals surface area contributed by atoms with Gasteiger partial charge in [-0.25, -0.2) is 0 Å². The van der Waals surface area contributed by atoms with Crippen molar-refractivity contribution in [1.82, 2.24) is 5.32 Å². The van der Waals surface area contributed by atoms with Gasteiger partial charge >= 0.3 is 0 Å². The minimum absolute atomic E-state index is 0.0617. The molecule has 4 nitrogen and oxygen atoms in total. The molecule has 0 aromatic rings. The van der Waals surface area contributed by atoms with Gasteiger partial charge < -0.3 is 5.32 Å². The Morgan fingerprint density at radius 3 is 2.00 bits per heavy atom. The average molecular weight is 226 g/mol. The van der Waals surface area contributed by atoms with Crippen LogP contribution in [0.5, 0.6) is 0 Å².